The number of amides is 1. The minimum Gasteiger partial charge on any atom is -0.460 e. The van der Waals surface area contributed by atoms with E-state index in [4.69, 9.17) is 4.74 Å². The van der Waals surface area contributed by atoms with Crippen LogP contribution in [0.2, 0.25) is 0 Å². The van der Waals surface area contributed by atoms with E-state index in [1.165, 1.54) is 6.07 Å². The van der Waals surface area contributed by atoms with E-state index in [9.17, 15) is 14.4 Å². The first-order chi connectivity index (χ1) is 11.2. The van der Waals surface area contributed by atoms with Crippen LogP contribution in [-0.4, -0.2) is 27.4 Å². The number of nitrogens with one attached hydrogen (secondary N) is 2. The van der Waals surface area contributed by atoms with Crippen molar-refractivity contribution in [2.75, 3.05) is 0 Å². The molecule has 7 nitrogen and oxygen atoms in total. The Morgan fingerprint density at radius 3 is 2.62 bits per heavy atom. The summed E-state index contributed by atoms with van der Waals surface area (Å²) in [5.41, 5.74) is -0.225. The molecule has 1 aromatic heterocycles. The molecule has 0 bridgehead atoms. The number of hydrogen-bond acceptors (Lipinski definition) is 5. The van der Waals surface area contributed by atoms with Gasteiger partial charge in [0.15, 0.2) is 0 Å². The lowest BCUT2D eigenvalue weighted by molar-refractivity contribution is -0.155. The molecule has 0 saturated heterocycles. The molecule has 1 aliphatic carbocycles. The largest absolute Gasteiger partial charge is 0.460 e. The third-order valence-electron chi connectivity index (χ3n) is 3.75. The molecule has 1 heterocycles. The second kappa shape index (κ2) is 7.59. The monoisotopic (exact) mass is 335 g/mol. The molecule has 24 heavy (non-hydrogen) atoms. The van der Waals surface area contributed by atoms with E-state index >= 15 is 0 Å². The van der Waals surface area contributed by atoms with Crippen LogP contribution in [0.4, 0.5) is 0 Å². The SMILES string of the molecule is CC(C)(C)OC(=O)CCC(=O)NCc1cc(=O)[nH]c(C2CCC2)n1. The van der Waals surface area contributed by atoms with Crippen molar-refractivity contribution in [3.8, 4) is 0 Å². The minimum absolute atomic E-state index is 0.0270. The van der Waals surface area contributed by atoms with Gasteiger partial charge in [0.25, 0.3) is 5.56 Å². The molecule has 1 aliphatic rings. The van der Waals surface area contributed by atoms with E-state index in [1.807, 2.05) is 0 Å². The lowest BCUT2D eigenvalue weighted by Gasteiger charge is -2.24. The van der Waals surface area contributed by atoms with E-state index in [1.54, 1.807) is 20.8 Å². The zero-order valence-corrected chi connectivity index (χ0v) is 14.5. The second-order valence-electron chi connectivity index (χ2n) is 7.11. The number of hydrogen-bond donors (Lipinski definition) is 2. The van der Waals surface area contributed by atoms with Crippen LogP contribution in [-0.2, 0) is 20.9 Å². The molecule has 1 saturated carbocycles. The van der Waals surface area contributed by atoms with Crippen molar-refractivity contribution in [1.29, 1.82) is 0 Å². The Morgan fingerprint density at radius 2 is 2.04 bits per heavy atom. The Bertz CT molecular complexity index is 657. The molecule has 2 N–H and O–H groups in total. The molecule has 0 spiro atoms. The fourth-order valence-electron chi connectivity index (χ4n) is 2.38. The number of rotatable bonds is 6. The van der Waals surface area contributed by atoms with Gasteiger partial charge < -0.3 is 15.0 Å². The van der Waals surface area contributed by atoms with Gasteiger partial charge in [0, 0.05) is 18.4 Å². The standard InChI is InChI=1S/C17H25N3O4/c1-17(2,3)24-15(23)8-7-13(21)18-10-12-9-14(22)20-16(19-12)11-5-4-6-11/h9,11H,4-8,10H2,1-3H3,(H,18,21)(H,19,20,22). The average Bonchev–Trinajstić information content (AvgIpc) is 2.38. The normalized spacial score (nSPS) is 14.8. The lowest BCUT2D eigenvalue weighted by atomic mass is 9.85. The Labute approximate surface area is 141 Å². The van der Waals surface area contributed by atoms with Gasteiger partial charge >= 0.3 is 5.97 Å². The number of esters is 1. The predicted molar refractivity (Wildman–Crippen MR) is 88.4 cm³/mol. The van der Waals surface area contributed by atoms with Gasteiger partial charge in [-0.3, -0.25) is 14.4 Å². The summed E-state index contributed by atoms with van der Waals surface area (Å²) in [5, 5.41) is 2.68. The second-order valence-corrected chi connectivity index (χ2v) is 7.11. The highest BCUT2D eigenvalue weighted by atomic mass is 16.6. The molecule has 7 heteroatoms. The summed E-state index contributed by atoms with van der Waals surface area (Å²) in [4.78, 5) is 42.3. The number of aromatic amines is 1. The summed E-state index contributed by atoms with van der Waals surface area (Å²) in [7, 11) is 0. The number of ether oxygens (including phenoxy) is 1. The van der Waals surface area contributed by atoms with Crippen LogP contribution in [0.25, 0.3) is 0 Å². The van der Waals surface area contributed by atoms with E-state index in [-0.39, 0.29) is 30.9 Å². The summed E-state index contributed by atoms with van der Waals surface area (Å²) < 4.78 is 5.15. The van der Waals surface area contributed by atoms with Crippen molar-refractivity contribution in [3.63, 3.8) is 0 Å². The smallest absolute Gasteiger partial charge is 0.306 e. The number of aromatic nitrogens is 2. The van der Waals surface area contributed by atoms with Gasteiger partial charge in [-0.25, -0.2) is 4.98 Å². The summed E-state index contributed by atoms with van der Waals surface area (Å²) in [6.45, 7) is 5.52. The first-order valence-electron chi connectivity index (χ1n) is 8.31. The first kappa shape index (κ1) is 18.2. The van der Waals surface area contributed by atoms with E-state index in [2.05, 4.69) is 15.3 Å². The average molecular weight is 335 g/mol. The van der Waals surface area contributed by atoms with Crippen molar-refractivity contribution in [2.24, 2.45) is 0 Å². The number of H-pyrrole nitrogens is 1. The molecule has 0 aromatic carbocycles. The molecular weight excluding hydrogens is 310 g/mol. The van der Waals surface area contributed by atoms with Gasteiger partial charge in [-0.05, 0) is 33.6 Å². The van der Waals surface area contributed by atoms with Crippen molar-refractivity contribution < 1.29 is 14.3 Å². The highest BCUT2D eigenvalue weighted by molar-refractivity contribution is 5.81. The maximum absolute atomic E-state index is 11.8. The topological polar surface area (TPSA) is 101 Å². The van der Waals surface area contributed by atoms with Gasteiger partial charge in [-0.2, -0.15) is 0 Å². The molecule has 132 valence electrons. The number of carbonyl (C=O) groups excluding carboxylic acids is 2. The molecule has 0 radical (unpaired) electrons. The van der Waals surface area contributed by atoms with E-state index < -0.39 is 11.6 Å². The van der Waals surface area contributed by atoms with Crippen LogP contribution < -0.4 is 10.9 Å². The number of carbonyl (C=O) groups is 2. The van der Waals surface area contributed by atoms with Gasteiger partial charge in [0.1, 0.15) is 11.4 Å². The quantitative estimate of drug-likeness (QED) is 0.772. The molecule has 0 unspecified atom stereocenters. The molecule has 1 fully saturated rings. The van der Waals surface area contributed by atoms with Crippen molar-refractivity contribution in [1.82, 2.24) is 15.3 Å². The van der Waals surface area contributed by atoms with E-state index in [0.717, 1.165) is 19.3 Å². The maximum atomic E-state index is 11.8. The van der Waals surface area contributed by atoms with Crippen LogP contribution >= 0.6 is 0 Å². The summed E-state index contributed by atoms with van der Waals surface area (Å²) >= 11 is 0. The van der Waals surface area contributed by atoms with Crippen molar-refractivity contribution in [3.05, 3.63) is 27.9 Å². The van der Waals surface area contributed by atoms with Gasteiger partial charge in [0.05, 0.1) is 18.7 Å². The first-order valence-corrected chi connectivity index (χ1v) is 8.31. The molecule has 2 rings (SSSR count). The lowest BCUT2D eigenvalue weighted by Crippen LogP contribution is -2.28. The van der Waals surface area contributed by atoms with Crippen LogP contribution in [0.5, 0.6) is 0 Å². The molecule has 1 aromatic rings. The zero-order chi connectivity index (χ0) is 17.7. The van der Waals surface area contributed by atoms with Crippen LogP contribution in [0.15, 0.2) is 10.9 Å². The molecule has 0 aliphatic heterocycles. The predicted octanol–water partition coefficient (Wildman–Crippen LogP) is 1.78. The third kappa shape index (κ3) is 5.79. The summed E-state index contributed by atoms with van der Waals surface area (Å²) in [6.07, 6.45) is 3.30. The molecule has 1 amide bonds. The third-order valence-corrected chi connectivity index (χ3v) is 3.75. The van der Waals surface area contributed by atoms with Crippen molar-refractivity contribution in [2.45, 2.75) is 70.9 Å². The van der Waals surface area contributed by atoms with Crippen LogP contribution in [0.1, 0.15) is 70.3 Å². The zero-order valence-electron chi connectivity index (χ0n) is 14.5. The van der Waals surface area contributed by atoms with E-state index in [0.29, 0.717) is 17.4 Å². The number of nitrogens with zero attached hydrogens (tertiary/aromatic N) is 1. The highest BCUT2D eigenvalue weighted by Crippen LogP contribution is 2.33. The van der Waals surface area contributed by atoms with Crippen molar-refractivity contribution >= 4 is 11.9 Å². The van der Waals surface area contributed by atoms with Crippen LogP contribution in [0, 0.1) is 0 Å². The summed E-state index contributed by atoms with van der Waals surface area (Å²) in [5.74, 6) is 0.347. The maximum Gasteiger partial charge on any atom is 0.306 e. The van der Waals surface area contributed by atoms with Crippen LogP contribution in [0.3, 0.4) is 0 Å². The summed E-state index contributed by atoms with van der Waals surface area (Å²) in [6, 6.07) is 1.39. The van der Waals surface area contributed by atoms with Gasteiger partial charge in [-0.1, -0.05) is 6.42 Å². The van der Waals surface area contributed by atoms with Gasteiger partial charge in [0.2, 0.25) is 5.91 Å². The molecule has 0 atom stereocenters. The highest BCUT2D eigenvalue weighted by Gasteiger charge is 2.22. The Morgan fingerprint density at radius 1 is 1.33 bits per heavy atom. The fraction of sp³-hybridized carbons (Fsp3) is 0.647. The van der Waals surface area contributed by atoms with Gasteiger partial charge in [-0.15, -0.1) is 0 Å². The fourth-order valence-corrected chi connectivity index (χ4v) is 2.38. The molecular formula is C17H25N3O4. The Kier molecular flexibility index (Phi) is 5.75. The minimum atomic E-state index is -0.555. The Hall–Kier alpha value is -2.18. The Balaban J connectivity index is 1.80.